The van der Waals surface area contributed by atoms with Gasteiger partial charge in [0.1, 0.15) is 5.75 Å². The molecule has 0 bridgehead atoms. The summed E-state index contributed by atoms with van der Waals surface area (Å²) in [4.78, 5) is 4.04. The van der Waals surface area contributed by atoms with Gasteiger partial charge in [0.15, 0.2) is 5.96 Å². The molecule has 0 heterocycles. The van der Waals surface area contributed by atoms with Crippen LogP contribution in [0.3, 0.4) is 0 Å². The second-order valence-electron chi connectivity index (χ2n) is 6.27. The maximum atomic E-state index is 12.6. The molecule has 0 aromatic heterocycles. The van der Waals surface area contributed by atoms with Gasteiger partial charge in [0, 0.05) is 52.0 Å². The van der Waals surface area contributed by atoms with E-state index in [1.807, 2.05) is 20.8 Å². The summed E-state index contributed by atoms with van der Waals surface area (Å²) < 4.78 is 41.4. The standard InChI is InChI=1S/C16H23Cl2F2N3O2S/c1-16(2,3)26(24)6-5-22-15(21-4)23-9-10-7-11(17)8-12(18)13(10)25-14(19)20/h7-8,14H,5-6,9H2,1-4H3,(H2,21,22,23). The molecule has 0 fully saturated rings. The van der Waals surface area contributed by atoms with Crippen LogP contribution < -0.4 is 15.4 Å². The number of hydrogen-bond acceptors (Lipinski definition) is 3. The lowest BCUT2D eigenvalue weighted by Gasteiger charge is -2.19. The lowest BCUT2D eigenvalue weighted by atomic mass is 10.2. The van der Waals surface area contributed by atoms with Crippen LogP contribution in [0.5, 0.6) is 5.75 Å². The quantitative estimate of drug-likeness (QED) is 0.510. The van der Waals surface area contributed by atoms with E-state index in [1.54, 1.807) is 7.05 Å². The highest BCUT2D eigenvalue weighted by Crippen LogP contribution is 2.33. The van der Waals surface area contributed by atoms with Gasteiger partial charge in [-0.25, -0.2) is 0 Å². The van der Waals surface area contributed by atoms with Crippen molar-refractivity contribution >= 4 is 40.0 Å². The Labute approximate surface area is 165 Å². The van der Waals surface area contributed by atoms with Gasteiger partial charge < -0.3 is 15.4 Å². The second kappa shape index (κ2) is 10.3. The number of benzene rings is 1. The second-order valence-corrected chi connectivity index (χ2v) is 9.44. The van der Waals surface area contributed by atoms with Crippen LogP contribution in [-0.4, -0.2) is 40.9 Å². The van der Waals surface area contributed by atoms with E-state index in [0.29, 0.717) is 28.8 Å². The fraction of sp³-hybridized carbons (Fsp3) is 0.562. The first-order valence-electron chi connectivity index (χ1n) is 7.80. The Morgan fingerprint density at radius 3 is 2.50 bits per heavy atom. The minimum atomic E-state index is -3.00. The molecular formula is C16H23Cl2F2N3O2S. The van der Waals surface area contributed by atoms with E-state index in [2.05, 4.69) is 20.4 Å². The first kappa shape index (κ1) is 22.9. The Bertz CT molecular complexity index is 668. The predicted molar refractivity (Wildman–Crippen MR) is 104 cm³/mol. The highest BCUT2D eigenvalue weighted by atomic mass is 35.5. The molecule has 5 nitrogen and oxygen atoms in total. The van der Waals surface area contributed by atoms with Gasteiger partial charge in [-0.3, -0.25) is 9.20 Å². The Morgan fingerprint density at radius 1 is 1.31 bits per heavy atom. The van der Waals surface area contributed by atoms with Gasteiger partial charge in [0.05, 0.1) is 5.02 Å². The average Bonchev–Trinajstić information content (AvgIpc) is 2.52. The van der Waals surface area contributed by atoms with Crippen molar-refractivity contribution in [2.75, 3.05) is 19.3 Å². The van der Waals surface area contributed by atoms with Gasteiger partial charge in [-0.15, -0.1) is 0 Å². The molecule has 1 atom stereocenters. The molecular weight excluding hydrogens is 407 g/mol. The monoisotopic (exact) mass is 429 g/mol. The third-order valence-corrected chi connectivity index (χ3v) is 5.66. The first-order chi connectivity index (χ1) is 12.0. The van der Waals surface area contributed by atoms with E-state index in [9.17, 15) is 13.0 Å². The molecule has 1 aromatic carbocycles. The molecule has 0 saturated heterocycles. The van der Waals surface area contributed by atoms with E-state index in [-0.39, 0.29) is 22.1 Å². The normalized spacial score (nSPS) is 13.7. The average molecular weight is 430 g/mol. The van der Waals surface area contributed by atoms with Gasteiger partial charge >= 0.3 is 6.61 Å². The minimum absolute atomic E-state index is 0.00174. The van der Waals surface area contributed by atoms with Gasteiger partial charge in [-0.2, -0.15) is 8.78 Å². The summed E-state index contributed by atoms with van der Waals surface area (Å²) in [6.07, 6.45) is 0. The van der Waals surface area contributed by atoms with E-state index in [1.165, 1.54) is 12.1 Å². The van der Waals surface area contributed by atoms with Crippen LogP contribution in [0.4, 0.5) is 8.78 Å². The molecule has 0 amide bonds. The number of alkyl halides is 2. The fourth-order valence-electron chi connectivity index (χ4n) is 1.93. The van der Waals surface area contributed by atoms with Crippen LogP contribution in [0.2, 0.25) is 10.0 Å². The third kappa shape index (κ3) is 7.63. The number of hydrogen-bond donors (Lipinski definition) is 2. The zero-order valence-corrected chi connectivity index (χ0v) is 17.4. The molecule has 0 radical (unpaired) electrons. The smallest absolute Gasteiger partial charge is 0.387 e. The van der Waals surface area contributed by atoms with Crippen molar-refractivity contribution in [2.45, 2.75) is 38.7 Å². The van der Waals surface area contributed by atoms with Crippen molar-refractivity contribution in [1.29, 1.82) is 0 Å². The van der Waals surface area contributed by atoms with E-state index < -0.39 is 17.4 Å². The number of halogens is 4. The molecule has 148 valence electrons. The molecule has 1 unspecified atom stereocenters. The molecule has 10 heteroatoms. The lowest BCUT2D eigenvalue weighted by Crippen LogP contribution is -2.40. The first-order valence-corrected chi connectivity index (χ1v) is 9.87. The Balaban J connectivity index is 2.70. The predicted octanol–water partition coefficient (Wildman–Crippen LogP) is 3.81. The highest BCUT2D eigenvalue weighted by Gasteiger charge is 2.19. The number of ether oxygens (including phenoxy) is 1. The largest absolute Gasteiger partial charge is 0.433 e. The zero-order chi connectivity index (χ0) is 19.9. The van der Waals surface area contributed by atoms with Crippen LogP contribution in [0, 0.1) is 0 Å². The van der Waals surface area contributed by atoms with E-state index in [0.717, 1.165) is 0 Å². The van der Waals surface area contributed by atoms with Gasteiger partial charge in [-0.1, -0.05) is 23.2 Å². The summed E-state index contributed by atoms with van der Waals surface area (Å²) in [5, 5.41) is 6.29. The molecule has 1 rings (SSSR count). The number of rotatable bonds is 7. The summed E-state index contributed by atoms with van der Waals surface area (Å²) in [5.41, 5.74) is 0.365. The van der Waals surface area contributed by atoms with Gasteiger partial charge in [-0.05, 0) is 32.9 Å². The van der Waals surface area contributed by atoms with Gasteiger partial charge in [0.2, 0.25) is 0 Å². The molecule has 0 aliphatic carbocycles. The summed E-state index contributed by atoms with van der Waals surface area (Å²) in [7, 11) is 0.571. The number of guanidine groups is 1. The van der Waals surface area contributed by atoms with Crippen LogP contribution in [0.15, 0.2) is 17.1 Å². The Hall–Kier alpha value is -1.12. The number of nitrogens with zero attached hydrogens (tertiary/aromatic N) is 1. The maximum Gasteiger partial charge on any atom is 0.387 e. The van der Waals surface area contributed by atoms with Crippen molar-refractivity contribution in [1.82, 2.24) is 10.6 Å². The molecule has 0 aliphatic heterocycles. The van der Waals surface area contributed by atoms with E-state index in [4.69, 9.17) is 23.2 Å². The Morgan fingerprint density at radius 2 is 1.96 bits per heavy atom. The molecule has 0 spiro atoms. The van der Waals surface area contributed by atoms with Crippen LogP contribution in [0.1, 0.15) is 26.3 Å². The minimum Gasteiger partial charge on any atom is -0.433 e. The summed E-state index contributed by atoms with van der Waals surface area (Å²) in [6, 6.07) is 2.82. The maximum absolute atomic E-state index is 12.6. The molecule has 0 aliphatic rings. The molecule has 26 heavy (non-hydrogen) atoms. The van der Waals surface area contributed by atoms with Crippen LogP contribution >= 0.6 is 23.2 Å². The van der Waals surface area contributed by atoms with Crippen molar-refractivity contribution in [3.63, 3.8) is 0 Å². The van der Waals surface area contributed by atoms with Crippen molar-refractivity contribution in [2.24, 2.45) is 4.99 Å². The third-order valence-electron chi connectivity index (χ3n) is 3.23. The van der Waals surface area contributed by atoms with Crippen molar-refractivity contribution in [3.05, 3.63) is 27.7 Å². The van der Waals surface area contributed by atoms with Crippen molar-refractivity contribution < 1.29 is 17.7 Å². The molecule has 1 aromatic rings. The Kier molecular flexibility index (Phi) is 9.06. The number of nitrogens with one attached hydrogen (secondary N) is 2. The highest BCUT2D eigenvalue weighted by molar-refractivity contribution is 7.86. The molecule has 2 N–H and O–H groups in total. The van der Waals surface area contributed by atoms with E-state index >= 15 is 0 Å². The zero-order valence-electron chi connectivity index (χ0n) is 15.0. The summed E-state index contributed by atoms with van der Waals surface area (Å²) in [5.74, 6) is 0.741. The SMILES string of the molecule is CN=C(NCCS(=O)C(C)(C)C)NCc1cc(Cl)cc(Cl)c1OC(F)F. The lowest BCUT2D eigenvalue weighted by molar-refractivity contribution is -0.0504. The summed E-state index contributed by atoms with van der Waals surface area (Å²) in [6.45, 7) is 3.28. The van der Waals surface area contributed by atoms with Crippen molar-refractivity contribution in [3.8, 4) is 5.75 Å². The summed E-state index contributed by atoms with van der Waals surface area (Å²) >= 11 is 11.9. The van der Waals surface area contributed by atoms with Crippen LogP contribution in [0.25, 0.3) is 0 Å². The topological polar surface area (TPSA) is 62.7 Å². The molecule has 0 saturated carbocycles. The van der Waals surface area contributed by atoms with Crippen LogP contribution in [-0.2, 0) is 17.3 Å². The number of aliphatic imine (C=N–C) groups is 1. The van der Waals surface area contributed by atoms with Gasteiger partial charge in [0.25, 0.3) is 0 Å². The fourth-order valence-corrected chi connectivity index (χ4v) is 3.41.